The number of benzene rings is 3. The summed E-state index contributed by atoms with van der Waals surface area (Å²) in [5, 5.41) is 0. The van der Waals surface area contributed by atoms with Crippen LogP contribution in [-0.2, 0) is 6.54 Å². The van der Waals surface area contributed by atoms with Gasteiger partial charge in [-0.2, -0.15) is 0 Å². The molecule has 0 spiro atoms. The topological polar surface area (TPSA) is 77.5 Å². The van der Waals surface area contributed by atoms with Crippen LogP contribution in [0.3, 0.4) is 0 Å². The van der Waals surface area contributed by atoms with Crippen LogP contribution < -0.4 is 18.9 Å². The van der Waals surface area contributed by atoms with Crippen LogP contribution in [-0.4, -0.2) is 69.7 Å². The summed E-state index contributed by atoms with van der Waals surface area (Å²) in [4.78, 5) is 30.7. The van der Waals surface area contributed by atoms with Gasteiger partial charge >= 0.3 is 0 Å². The molecule has 40 heavy (non-hydrogen) atoms. The Morgan fingerprint density at radius 3 is 1.93 bits per heavy atom. The Labute approximate surface area is 236 Å². The molecule has 1 heterocycles. The van der Waals surface area contributed by atoms with Crippen molar-refractivity contribution in [3.05, 3.63) is 82.9 Å². The zero-order valence-electron chi connectivity index (χ0n) is 23.9. The maximum atomic E-state index is 14.0. The highest BCUT2D eigenvalue weighted by atomic mass is 16.5. The second-order valence-electron chi connectivity index (χ2n) is 10.0. The largest absolute Gasteiger partial charge is 0.497 e. The zero-order chi connectivity index (χ0) is 28.6. The number of piperidine rings is 1. The van der Waals surface area contributed by atoms with Crippen molar-refractivity contribution >= 4 is 11.8 Å². The number of carbonyl (C=O) groups is 2. The molecule has 1 fully saturated rings. The van der Waals surface area contributed by atoms with Gasteiger partial charge in [0.2, 0.25) is 5.75 Å². The number of aryl methyl sites for hydroxylation is 1. The van der Waals surface area contributed by atoms with E-state index < -0.39 is 0 Å². The van der Waals surface area contributed by atoms with E-state index in [1.165, 1.54) is 21.3 Å². The highest BCUT2D eigenvalue weighted by Gasteiger charge is 2.28. The molecule has 0 N–H and O–H groups in total. The molecule has 8 heteroatoms. The summed E-state index contributed by atoms with van der Waals surface area (Å²) in [6, 6.07) is 18.8. The van der Waals surface area contributed by atoms with E-state index in [-0.39, 0.29) is 17.7 Å². The predicted octanol–water partition coefficient (Wildman–Crippen LogP) is 5.22. The molecule has 0 aliphatic carbocycles. The van der Waals surface area contributed by atoms with Gasteiger partial charge in [-0.25, -0.2) is 0 Å². The molecule has 0 radical (unpaired) electrons. The van der Waals surface area contributed by atoms with Crippen molar-refractivity contribution in [2.75, 3.05) is 48.1 Å². The first kappa shape index (κ1) is 28.8. The van der Waals surface area contributed by atoms with Gasteiger partial charge in [-0.05, 0) is 67.6 Å². The summed E-state index contributed by atoms with van der Waals surface area (Å²) in [5.41, 5.74) is 3.29. The van der Waals surface area contributed by atoms with Crippen molar-refractivity contribution in [1.29, 1.82) is 0 Å². The number of methoxy groups -OCH3 is 4. The monoisotopic (exact) mass is 546 g/mol. The van der Waals surface area contributed by atoms with Crippen LogP contribution >= 0.6 is 0 Å². The lowest BCUT2D eigenvalue weighted by atomic mass is 9.95. The molecular formula is C32H38N2O6. The lowest BCUT2D eigenvalue weighted by Gasteiger charge is -2.35. The Morgan fingerprint density at radius 2 is 1.40 bits per heavy atom. The Morgan fingerprint density at radius 1 is 0.800 bits per heavy atom. The van der Waals surface area contributed by atoms with E-state index in [2.05, 4.69) is 0 Å². The van der Waals surface area contributed by atoms with Gasteiger partial charge in [0.15, 0.2) is 11.5 Å². The standard InChI is InChI=1S/C32H38N2O6/c1-22-6-10-25(11-7-22)31(35)33-16-14-24(15-17-33)21-34(20-23-8-12-27(37-2)13-9-23)32(36)26-18-28(38-3)30(40-5)29(19-26)39-4/h6-13,18-19,24H,14-17,20-21H2,1-5H3. The van der Waals surface area contributed by atoms with Gasteiger partial charge < -0.3 is 28.7 Å². The summed E-state index contributed by atoms with van der Waals surface area (Å²) in [5.74, 6) is 2.24. The quantitative estimate of drug-likeness (QED) is 0.347. The zero-order valence-corrected chi connectivity index (χ0v) is 23.9. The van der Waals surface area contributed by atoms with Gasteiger partial charge in [-0.1, -0.05) is 29.8 Å². The molecule has 0 saturated carbocycles. The van der Waals surface area contributed by atoms with Gasteiger partial charge in [0.25, 0.3) is 11.8 Å². The van der Waals surface area contributed by atoms with Crippen molar-refractivity contribution in [2.24, 2.45) is 5.92 Å². The minimum atomic E-state index is -0.131. The fourth-order valence-corrected chi connectivity index (χ4v) is 5.07. The molecule has 0 aromatic heterocycles. The number of carbonyl (C=O) groups excluding carboxylic acids is 2. The molecule has 0 atom stereocenters. The minimum absolute atomic E-state index is 0.0574. The molecular weight excluding hydrogens is 508 g/mol. The third-order valence-electron chi connectivity index (χ3n) is 7.41. The third-order valence-corrected chi connectivity index (χ3v) is 7.41. The van der Waals surface area contributed by atoms with Crippen molar-refractivity contribution in [3.63, 3.8) is 0 Å². The molecule has 1 saturated heterocycles. The summed E-state index contributed by atoms with van der Waals surface area (Å²) >= 11 is 0. The highest BCUT2D eigenvalue weighted by molar-refractivity contribution is 5.96. The fraction of sp³-hybridized carbons (Fsp3) is 0.375. The molecule has 1 aliphatic heterocycles. The second-order valence-corrected chi connectivity index (χ2v) is 10.0. The molecule has 0 bridgehead atoms. The Kier molecular flexibility index (Phi) is 9.53. The Balaban J connectivity index is 1.52. The van der Waals surface area contributed by atoms with Crippen LogP contribution in [0.2, 0.25) is 0 Å². The first-order valence-electron chi connectivity index (χ1n) is 13.4. The first-order chi connectivity index (χ1) is 19.4. The van der Waals surface area contributed by atoms with Crippen molar-refractivity contribution < 1.29 is 28.5 Å². The fourth-order valence-electron chi connectivity index (χ4n) is 5.07. The van der Waals surface area contributed by atoms with E-state index in [1.807, 2.05) is 65.3 Å². The summed E-state index contributed by atoms with van der Waals surface area (Å²) in [6.07, 6.45) is 1.64. The Hall–Kier alpha value is -4.20. The summed E-state index contributed by atoms with van der Waals surface area (Å²) in [6.45, 7) is 4.32. The summed E-state index contributed by atoms with van der Waals surface area (Å²) in [7, 11) is 6.23. The molecule has 0 unspecified atom stereocenters. The molecule has 8 nitrogen and oxygen atoms in total. The van der Waals surface area contributed by atoms with Crippen LogP contribution in [0.25, 0.3) is 0 Å². The lowest BCUT2D eigenvalue weighted by Crippen LogP contribution is -2.42. The SMILES string of the molecule is COc1ccc(CN(CC2CCN(C(=O)c3ccc(C)cc3)CC2)C(=O)c2cc(OC)c(OC)c(OC)c2)cc1. The number of likely N-dealkylation sites (tertiary alicyclic amines) is 1. The normalized spacial score (nSPS) is 13.5. The Bertz CT molecular complexity index is 1270. The molecule has 1 aliphatic rings. The van der Waals surface area contributed by atoms with Gasteiger partial charge in [0, 0.05) is 37.3 Å². The minimum Gasteiger partial charge on any atom is -0.497 e. The highest BCUT2D eigenvalue weighted by Crippen LogP contribution is 2.38. The maximum Gasteiger partial charge on any atom is 0.254 e. The maximum absolute atomic E-state index is 14.0. The number of nitrogens with zero attached hydrogens (tertiary/aromatic N) is 2. The van der Waals surface area contributed by atoms with Crippen molar-refractivity contribution in [3.8, 4) is 23.0 Å². The van der Waals surface area contributed by atoms with E-state index in [0.717, 1.165) is 29.7 Å². The second kappa shape index (κ2) is 13.2. The van der Waals surface area contributed by atoms with Gasteiger partial charge in [-0.3, -0.25) is 9.59 Å². The van der Waals surface area contributed by atoms with E-state index in [0.29, 0.717) is 54.6 Å². The predicted molar refractivity (Wildman–Crippen MR) is 154 cm³/mol. The van der Waals surface area contributed by atoms with E-state index in [9.17, 15) is 9.59 Å². The lowest BCUT2D eigenvalue weighted by molar-refractivity contribution is 0.0600. The van der Waals surface area contributed by atoms with Crippen LogP contribution in [0.4, 0.5) is 0 Å². The van der Waals surface area contributed by atoms with Crippen LogP contribution in [0, 0.1) is 12.8 Å². The number of hydrogen-bond acceptors (Lipinski definition) is 6. The van der Waals surface area contributed by atoms with E-state index >= 15 is 0 Å². The number of ether oxygens (including phenoxy) is 4. The molecule has 3 aromatic carbocycles. The van der Waals surface area contributed by atoms with Crippen LogP contribution in [0.15, 0.2) is 60.7 Å². The molecule has 2 amide bonds. The van der Waals surface area contributed by atoms with E-state index in [4.69, 9.17) is 18.9 Å². The van der Waals surface area contributed by atoms with Gasteiger partial charge in [0.05, 0.1) is 28.4 Å². The van der Waals surface area contributed by atoms with E-state index in [1.54, 1.807) is 19.2 Å². The molecule has 3 aromatic rings. The average molecular weight is 547 g/mol. The van der Waals surface area contributed by atoms with Crippen LogP contribution in [0.1, 0.15) is 44.7 Å². The van der Waals surface area contributed by atoms with Crippen molar-refractivity contribution in [1.82, 2.24) is 9.80 Å². The van der Waals surface area contributed by atoms with Crippen molar-refractivity contribution in [2.45, 2.75) is 26.3 Å². The number of rotatable bonds is 10. The van der Waals surface area contributed by atoms with Crippen LogP contribution in [0.5, 0.6) is 23.0 Å². The average Bonchev–Trinajstić information content (AvgIpc) is 3.00. The molecule has 4 rings (SSSR count). The number of hydrogen-bond donors (Lipinski definition) is 0. The summed E-state index contributed by atoms with van der Waals surface area (Å²) < 4.78 is 21.7. The smallest absolute Gasteiger partial charge is 0.254 e. The third kappa shape index (κ3) is 6.68. The molecule has 212 valence electrons. The first-order valence-corrected chi connectivity index (χ1v) is 13.4. The van der Waals surface area contributed by atoms with Gasteiger partial charge in [-0.15, -0.1) is 0 Å². The number of amides is 2. The van der Waals surface area contributed by atoms with Gasteiger partial charge in [0.1, 0.15) is 5.75 Å².